The molecule has 0 spiro atoms. The smallest absolute Gasteiger partial charge is 0.249 e. The lowest BCUT2D eigenvalue weighted by Gasteiger charge is -2.37. The number of hydrogen-bond acceptors (Lipinski definition) is 2. The molecular weight excluding hydrogens is 200 g/mol. The van der Waals surface area contributed by atoms with Crippen LogP contribution >= 0.6 is 0 Å². The van der Waals surface area contributed by atoms with Crippen LogP contribution in [0.4, 0.5) is 0 Å². The fraction of sp³-hybridized carbons (Fsp3) is 0.769. The van der Waals surface area contributed by atoms with Crippen LogP contribution in [0, 0.1) is 5.92 Å². The first-order valence-corrected chi connectivity index (χ1v) is 6.42. The number of rotatable bonds is 2. The van der Waals surface area contributed by atoms with Gasteiger partial charge >= 0.3 is 0 Å². The zero-order valence-electron chi connectivity index (χ0n) is 10.3. The van der Waals surface area contributed by atoms with Crippen LogP contribution in [0.3, 0.4) is 0 Å². The molecule has 0 aliphatic carbocycles. The minimum absolute atomic E-state index is 0.250. The molecule has 2 saturated heterocycles. The normalized spacial score (nSPS) is 30.4. The lowest BCUT2D eigenvalue weighted by atomic mass is 9.91. The van der Waals surface area contributed by atoms with Crippen molar-refractivity contribution in [1.29, 1.82) is 0 Å². The Morgan fingerprint density at radius 2 is 2.31 bits per heavy atom. The van der Waals surface area contributed by atoms with Crippen molar-refractivity contribution in [3.05, 3.63) is 11.6 Å². The molecule has 2 rings (SSSR count). The number of piperidine rings is 1. The van der Waals surface area contributed by atoms with Gasteiger partial charge in [0.05, 0.1) is 0 Å². The second-order valence-corrected chi connectivity index (χ2v) is 4.92. The van der Waals surface area contributed by atoms with Gasteiger partial charge in [-0.2, -0.15) is 0 Å². The minimum atomic E-state index is 0.250. The Morgan fingerprint density at radius 1 is 1.50 bits per heavy atom. The van der Waals surface area contributed by atoms with E-state index in [1.807, 2.05) is 13.0 Å². The van der Waals surface area contributed by atoms with E-state index in [9.17, 15) is 4.79 Å². The van der Waals surface area contributed by atoms with Crippen LogP contribution < -0.4 is 5.32 Å². The number of hydrogen-bond donors (Lipinski definition) is 1. The molecule has 0 aromatic carbocycles. The Balaban J connectivity index is 2.07. The summed E-state index contributed by atoms with van der Waals surface area (Å²) in [5.74, 6) is 0.937. The number of likely N-dealkylation sites (tertiary alicyclic amines) is 1. The van der Waals surface area contributed by atoms with Crippen molar-refractivity contribution in [2.24, 2.45) is 5.92 Å². The monoisotopic (exact) mass is 222 g/mol. The van der Waals surface area contributed by atoms with Crippen LogP contribution in [0.25, 0.3) is 0 Å². The number of nitrogens with one attached hydrogen (secondary N) is 1. The van der Waals surface area contributed by atoms with Crippen molar-refractivity contribution in [3.8, 4) is 0 Å². The van der Waals surface area contributed by atoms with E-state index in [1.165, 1.54) is 6.42 Å². The zero-order chi connectivity index (χ0) is 11.5. The van der Waals surface area contributed by atoms with Crippen molar-refractivity contribution >= 4 is 5.91 Å². The molecule has 1 amide bonds. The molecule has 0 bridgehead atoms. The van der Waals surface area contributed by atoms with Crippen LogP contribution in [-0.4, -0.2) is 36.5 Å². The van der Waals surface area contributed by atoms with Crippen molar-refractivity contribution < 1.29 is 4.79 Å². The highest BCUT2D eigenvalue weighted by atomic mass is 16.2. The summed E-state index contributed by atoms with van der Waals surface area (Å²) in [7, 11) is 0. The molecule has 0 aromatic heterocycles. The molecule has 2 aliphatic heterocycles. The molecule has 2 atom stereocenters. The molecule has 2 aliphatic rings. The first-order valence-electron chi connectivity index (χ1n) is 6.42. The van der Waals surface area contributed by atoms with Crippen molar-refractivity contribution in [3.63, 3.8) is 0 Å². The van der Waals surface area contributed by atoms with E-state index in [2.05, 4.69) is 17.1 Å². The fourth-order valence-electron chi connectivity index (χ4n) is 2.94. The first-order chi connectivity index (χ1) is 7.74. The van der Waals surface area contributed by atoms with Crippen LogP contribution in [0.1, 0.15) is 33.1 Å². The number of carbonyl (C=O) groups excluding carboxylic acids is 1. The third-order valence-electron chi connectivity index (χ3n) is 3.79. The van der Waals surface area contributed by atoms with Crippen LogP contribution in [0.15, 0.2) is 11.6 Å². The van der Waals surface area contributed by atoms with E-state index in [0.29, 0.717) is 12.0 Å². The van der Waals surface area contributed by atoms with Gasteiger partial charge < -0.3 is 10.2 Å². The molecule has 3 heteroatoms. The van der Waals surface area contributed by atoms with Gasteiger partial charge in [0, 0.05) is 31.2 Å². The predicted molar refractivity (Wildman–Crippen MR) is 65.1 cm³/mol. The molecule has 2 unspecified atom stereocenters. The number of carbonyl (C=O) groups is 1. The standard InChI is InChI=1S/C13H22N2O/c1-3-5-10(2)13(16)15-7-4-6-11-8-14-9-12(11)15/h5,11-12,14H,3-4,6-9H2,1-2H3/b10-5-. The van der Waals surface area contributed by atoms with Gasteiger partial charge in [0.25, 0.3) is 0 Å². The van der Waals surface area contributed by atoms with Crippen molar-refractivity contribution in [2.45, 2.75) is 39.2 Å². The van der Waals surface area contributed by atoms with E-state index in [0.717, 1.165) is 38.0 Å². The van der Waals surface area contributed by atoms with Crippen LogP contribution in [-0.2, 0) is 4.79 Å². The summed E-state index contributed by atoms with van der Waals surface area (Å²) < 4.78 is 0. The van der Waals surface area contributed by atoms with Crippen LogP contribution in [0.5, 0.6) is 0 Å². The fourth-order valence-corrected chi connectivity index (χ4v) is 2.94. The van der Waals surface area contributed by atoms with Gasteiger partial charge in [-0.3, -0.25) is 4.79 Å². The maximum atomic E-state index is 12.3. The molecule has 0 saturated carbocycles. The topological polar surface area (TPSA) is 32.3 Å². The number of amides is 1. The first kappa shape index (κ1) is 11.6. The maximum absolute atomic E-state index is 12.3. The zero-order valence-corrected chi connectivity index (χ0v) is 10.3. The molecule has 1 N–H and O–H groups in total. The Kier molecular flexibility index (Phi) is 3.64. The lowest BCUT2D eigenvalue weighted by Crippen LogP contribution is -2.48. The summed E-state index contributed by atoms with van der Waals surface area (Å²) in [6.07, 6.45) is 5.41. The van der Waals surface area contributed by atoms with E-state index in [4.69, 9.17) is 0 Å². The summed E-state index contributed by atoms with van der Waals surface area (Å²) in [4.78, 5) is 14.4. The van der Waals surface area contributed by atoms with E-state index >= 15 is 0 Å². The van der Waals surface area contributed by atoms with Gasteiger partial charge in [-0.1, -0.05) is 13.0 Å². The second-order valence-electron chi connectivity index (χ2n) is 4.92. The Labute approximate surface area is 97.9 Å². The average molecular weight is 222 g/mol. The molecule has 2 fully saturated rings. The summed E-state index contributed by atoms with van der Waals surface area (Å²) >= 11 is 0. The molecule has 0 aromatic rings. The molecule has 2 heterocycles. The summed E-state index contributed by atoms with van der Waals surface area (Å²) in [5, 5.41) is 3.41. The average Bonchev–Trinajstić information content (AvgIpc) is 2.76. The van der Waals surface area contributed by atoms with E-state index < -0.39 is 0 Å². The SMILES string of the molecule is CC/C=C(/C)C(=O)N1CCCC2CNCC21. The Morgan fingerprint density at radius 3 is 3.06 bits per heavy atom. The second kappa shape index (κ2) is 5.00. The Bertz CT molecular complexity index is 298. The largest absolute Gasteiger partial charge is 0.334 e. The van der Waals surface area contributed by atoms with Gasteiger partial charge in [0.15, 0.2) is 0 Å². The highest BCUT2D eigenvalue weighted by Gasteiger charge is 2.37. The third-order valence-corrected chi connectivity index (χ3v) is 3.79. The minimum Gasteiger partial charge on any atom is -0.334 e. The van der Waals surface area contributed by atoms with Gasteiger partial charge in [-0.05, 0) is 32.1 Å². The summed E-state index contributed by atoms with van der Waals surface area (Å²) in [5.41, 5.74) is 0.912. The Hall–Kier alpha value is -0.830. The molecule has 16 heavy (non-hydrogen) atoms. The summed E-state index contributed by atoms with van der Waals surface area (Å²) in [6, 6.07) is 0.446. The highest BCUT2D eigenvalue weighted by Crippen LogP contribution is 2.27. The molecule has 0 radical (unpaired) electrons. The lowest BCUT2D eigenvalue weighted by molar-refractivity contribution is -0.131. The summed E-state index contributed by atoms with van der Waals surface area (Å²) in [6.45, 7) is 7.03. The highest BCUT2D eigenvalue weighted by molar-refractivity contribution is 5.93. The van der Waals surface area contributed by atoms with Gasteiger partial charge in [0.2, 0.25) is 5.91 Å². The third kappa shape index (κ3) is 2.14. The van der Waals surface area contributed by atoms with Gasteiger partial charge in [-0.25, -0.2) is 0 Å². The van der Waals surface area contributed by atoms with Crippen molar-refractivity contribution in [2.75, 3.05) is 19.6 Å². The number of fused-ring (bicyclic) bond motifs is 1. The maximum Gasteiger partial charge on any atom is 0.249 e. The van der Waals surface area contributed by atoms with Crippen LogP contribution in [0.2, 0.25) is 0 Å². The predicted octanol–water partition coefficient (Wildman–Crippen LogP) is 1.55. The van der Waals surface area contributed by atoms with E-state index in [1.54, 1.807) is 0 Å². The van der Waals surface area contributed by atoms with E-state index in [-0.39, 0.29) is 5.91 Å². The number of nitrogens with zero attached hydrogens (tertiary/aromatic N) is 1. The van der Waals surface area contributed by atoms with Gasteiger partial charge in [0.1, 0.15) is 0 Å². The molecule has 90 valence electrons. The quantitative estimate of drug-likeness (QED) is 0.719. The molecular formula is C13H22N2O. The van der Waals surface area contributed by atoms with Gasteiger partial charge in [-0.15, -0.1) is 0 Å². The molecule has 3 nitrogen and oxygen atoms in total. The number of allylic oxidation sites excluding steroid dienone is 1. The van der Waals surface area contributed by atoms with Crippen molar-refractivity contribution in [1.82, 2.24) is 10.2 Å².